The Hall–Kier alpha value is -0.610. The number of rotatable bonds is 6. The van der Waals surface area contributed by atoms with Gasteiger partial charge in [-0.1, -0.05) is 0 Å². The Labute approximate surface area is 72.7 Å². The van der Waals surface area contributed by atoms with Crippen LogP contribution in [-0.4, -0.2) is 29.8 Å². The highest BCUT2D eigenvalue weighted by atomic mass is 16.5. The van der Waals surface area contributed by atoms with Crippen LogP contribution in [0, 0.1) is 0 Å². The molecule has 0 aromatic heterocycles. The van der Waals surface area contributed by atoms with Gasteiger partial charge in [-0.15, -0.1) is 0 Å². The highest BCUT2D eigenvalue weighted by Crippen LogP contribution is 1.97. The van der Waals surface area contributed by atoms with E-state index in [4.69, 9.17) is 15.6 Å². The standard InChI is InChI=1S/C8H17NO3/c1-6(2)12-5-3-4-7(9)8(10)11/h6-7H,3-5,9H2,1-2H3,(H,10,11)/t7-/m1/s1. The quantitative estimate of drug-likeness (QED) is 0.580. The molecule has 0 aromatic carbocycles. The SMILES string of the molecule is CC(C)OCCC[C@@H](N)C(=O)O. The summed E-state index contributed by atoms with van der Waals surface area (Å²) in [4.78, 5) is 10.3. The molecule has 72 valence electrons. The van der Waals surface area contributed by atoms with Gasteiger partial charge in [0.1, 0.15) is 6.04 Å². The monoisotopic (exact) mass is 175 g/mol. The van der Waals surface area contributed by atoms with Gasteiger partial charge in [0.2, 0.25) is 0 Å². The summed E-state index contributed by atoms with van der Waals surface area (Å²) in [5, 5.41) is 8.42. The van der Waals surface area contributed by atoms with E-state index in [2.05, 4.69) is 0 Å². The molecule has 0 unspecified atom stereocenters. The van der Waals surface area contributed by atoms with Crippen LogP contribution in [0.2, 0.25) is 0 Å². The highest BCUT2D eigenvalue weighted by molar-refractivity contribution is 5.72. The second-order valence-corrected chi connectivity index (χ2v) is 3.01. The Balaban J connectivity index is 3.25. The summed E-state index contributed by atoms with van der Waals surface area (Å²) in [7, 11) is 0. The second kappa shape index (κ2) is 5.97. The summed E-state index contributed by atoms with van der Waals surface area (Å²) in [6.07, 6.45) is 1.37. The summed E-state index contributed by atoms with van der Waals surface area (Å²) in [6.45, 7) is 4.47. The van der Waals surface area contributed by atoms with E-state index in [1.807, 2.05) is 13.8 Å². The molecule has 0 aliphatic carbocycles. The number of carboxylic acid groups (broad SMARTS) is 1. The summed E-state index contributed by atoms with van der Waals surface area (Å²) in [5.74, 6) is -0.945. The number of hydrogen-bond donors (Lipinski definition) is 2. The van der Waals surface area contributed by atoms with Crippen molar-refractivity contribution in [3.8, 4) is 0 Å². The van der Waals surface area contributed by atoms with Crippen LogP contribution in [0.1, 0.15) is 26.7 Å². The summed E-state index contributed by atoms with van der Waals surface area (Å²) in [6, 6.07) is -0.749. The molecule has 0 saturated carbocycles. The molecule has 0 fully saturated rings. The van der Waals surface area contributed by atoms with Crippen molar-refractivity contribution in [3.05, 3.63) is 0 Å². The lowest BCUT2D eigenvalue weighted by molar-refractivity contribution is -0.138. The number of nitrogens with two attached hydrogens (primary N) is 1. The fourth-order valence-corrected chi connectivity index (χ4v) is 0.746. The number of carbonyl (C=O) groups is 1. The zero-order valence-electron chi connectivity index (χ0n) is 7.62. The molecule has 0 aliphatic heterocycles. The molecule has 0 radical (unpaired) electrons. The van der Waals surface area contributed by atoms with Crippen LogP contribution in [0.4, 0.5) is 0 Å². The topological polar surface area (TPSA) is 72.5 Å². The smallest absolute Gasteiger partial charge is 0.320 e. The Bertz CT molecular complexity index is 136. The van der Waals surface area contributed by atoms with E-state index < -0.39 is 12.0 Å². The van der Waals surface area contributed by atoms with Crippen molar-refractivity contribution in [2.45, 2.75) is 38.8 Å². The molecule has 0 rings (SSSR count). The molecule has 0 heterocycles. The van der Waals surface area contributed by atoms with Gasteiger partial charge in [0.15, 0.2) is 0 Å². The first-order valence-corrected chi connectivity index (χ1v) is 4.14. The lowest BCUT2D eigenvalue weighted by atomic mass is 10.2. The van der Waals surface area contributed by atoms with Crippen LogP contribution >= 0.6 is 0 Å². The van der Waals surface area contributed by atoms with E-state index in [0.717, 1.165) is 0 Å². The van der Waals surface area contributed by atoms with E-state index in [-0.39, 0.29) is 6.10 Å². The lowest BCUT2D eigenvalue weighted by Crippen LogP contribution is -2.30. The number of aliphatic carboxylic acids is 1. The predicted octanol–water partition coefficient (Wildman–Crippen LogP) is 0.603. The Kier molecular flexibility index (Phi) is 5.66. The van der Waals surface area contributed by atoms with Gasteiger partial charge in [-0.05, 0) is 26.7 Å². The van der Waals surface area contributed by atoms with Gasteiger partial charge in [-0.2, -0.15) is 0 Å². The molecule has 0 spiro atoms. The summed E-state index contributed by atoms with van der Waals surface area (Å²) >= 11 is 0. The van der Waals surface area contributed by atoms with Crippen molar-refractivity contribution in [2.75, 3.05) is 6.61 Å². The van der Waals surface area contributed by atoms with Gasteiger partial charge in [0.25, 0.3) is 0 Å². The first-order chi connectivity index (χ1) is 5.54. The van der Waals surface area contributed by atoms with Crippen molar-refractivity contribution in [1.82, 2.24) is 0 Å². The molecular weight excluding hydrogens is 158 g/mol. The minimum atomic E-state index is -0.945. The zero-order valence-corrected chi connectivity index (χ0v) is 7.62. The minimum Gasteiger partial charge on any atom is -0.480 e. The fraction of sp³-hybridized carbons (Fsp3) is 0.875. The Morgan fingerprint density at radius 1 is 1.58 bits per heavy atom. The van der Waals surface area contributed by atoms with Crippen LogP contribution in [0.3, 0.4) is 0 Å². The van der Waals surface area contributed by atoms with Crippen molar-refractivity contribution in [1.29, 1.82) is 0 Å². The van der Waals surface area contributed by atoms with Crippen LogP contribution in [0.25, 0.3) is 0 Å². The molecule has 1 atom stereocenters. The summed E-state index contributed by atoms with van der Waals surface area (Å²) < 4.78 is 5.22. The molecular formula is C8H17NO3. The van der Waals surface area contributed by atoms with Crippen LogP contribution < -0.4 is 5.73 Å². The third-order valence-electron chi connectivity index (χ3n) is 1.43. The van der Waals surface area contributed by atoms with Crippen molar-refractivity contribution >= 4 is 5.97 Å². The third kappa shape index (κ3) is 6.12. The van der Waals surface area contributed by atoms with E-state index in [1.54, 1.807) is 0 Å². The van der Waals surface area contributed by atoms with E-state index in [9.17, 15) is 4.79 Å². The Morgan fingerprint density at radius 2 is 2.17 bits per heavy atom. The molecule has 12 heavy (non-hydrogen) atoms. The highest BCUT2D eigenvalue weighted by Gasteiger charge is 2.09. The normalized spacial score (nSPS) is 13.3. The van der Waals surface area contributed by atoms with Gasteiger partial charge < -0.3 is 15.6 Å². The van der Waals surface area contributed by atoms with E-state index >= 15 is 0 Å². The molecule has 0 amide bonds. The molecule has 4 nitrogen and oxygen atoms in total. The van der Waals surface area contributed by atoms with E-state index in [0.29, 0.717) is 19.4 Å². The molecule has 0 bridgehead atoms. The summed E-state index contributed by atoms with van der Waals surface area (Å²) in [5.41, 5.74) is 5.28. The van der Waals surface area contributed by atoms with Crippen LogP contribution in [-0.2, 0) is 9.53 Å². The molecule has 0 aliphatic rings. The average Bonchev–Trinajstić information content (AvgIpc) is 1.97. The van der Waals surface area contributed by atoms with Gasteiger partial charge in [-0.3, -0.25) is 4.79 Å². The molecule has 4 heteroatoms. The van der Waals surface area contributed by atoms with E-state index in [1.165, 1.54) is 0 Å². The van der Waals surface area contributed by atoms with Gasteiger partial charge in [-0.25, -0.2) is 0 Å². The predicted molar refractivity (Wildman–Crippen MR) is 45.9 cm³/mol. The molecule has 0 aromatic rings. The maximum absolute atomic E-state index is 10.3. The number of carboxylic acids is 1. The largest absolute Gasteiger partial charge is 0.480 e. The van der Waals surface area contributed by atoms with Crippen molar-refractivity contribution in [2.24, 2.45) is 5.73 Å². The first-order valence-electron chi connectivity index (χ1n) is 4.14. The zero-order chi connectivity index (χ0) is 9.56. The fourth-order valence-electron chi connectivity index (χ4n) is 0.746. The maximum Gasteiger partial charge on any atom is 0.320 e. The average molecular weight is 175 g/mol. The third-order valence-corrected chi connectivity index (χ3v) is 1.43. The van der Waals surface area contributed by atoms with Gasteiger partial charge in [0.05, 0.1) is 6.10 Å². The van der Waals surface area contributed by atoms with Crippen LogP contribution in [0.5, 0.6) is 0 Å². The van der Waals surface area contributed by atoms with Crippen molar-refractivity contribution < 1.29 is 14.6 Å². The number of hydrogen-bond acceptors (Lipinski definition) is 3. The maximum atomic E-state index is 10.3. The molecule has 3 N–H and O–H groups in total. The minimum absolute atomic E-state index is 0.200. The first kappa shape index (κ1) is 11.4. The lowest BCUT2D eigenvalue weighted by Gasteiger charge is -2.08. The van der Waals surface area contributed by atoms with Crippen molar-refractivity contribution in [3.63, 3.8) is 0 Å². The molecule has 0 saturated heterocycles. The van der Waals surface area contributed by atoms with Gasteiger partial charge >= 0.3 is 5.97 Å². The number of ether oxygens (including phenoxy) is 1. The Morgan fingerprint density at radius 3 is 2.58 bits per heavy atom. The van der Waals surface area contributed by atoms with Crippen LogP contribution in [0.15, 0.2) is 0 Å². The van der Waals surface area contributed by atoms with Gasteiger partial charge in [0, 0.05) is 6.61 Å². The second-order valence-electron chi connectivity index (χ2n) is 3.01.